The monoisotopic (exact) mass is 328 g/mol. The summed E-state index contributed by atoms with van der Waals surface area (Å²) < 4.78 is 0.674. The minimum absolute atomic E-state index is 0.00692. The maximum atomic E-state index is 12.0. The number of nitrogen functional groups attached to an aromatic ring is 1. The number of piperidine rings is 1. The number of hydrogen-bond donors (Lipinski definition) is 3. The van der Waals surface area contributed by atoms with Gasteiger partial charge >= 0.3 is 0 Å². The Morgan fingerprint density at radius 3 is 3.00 bits per heavy atom. The highest BCUT2D eigenvalue weighted by atomic mass is 79.9. The number of rotatable bonds is 3. The van der Waals surface area contributed by atoms with E-state index in [0.717, 1.165) is 25.8 Å². The number of carbonyl (C=O) groups excluding carboxylic acids is 1. The van der Waals surface area contributed by atoms with Crippen LogP contribution in [0.3, 0.4) is 0 Å². The van der Waals surface area contributed by atoms with E-state index in [0.29, 0.717) is 16.1 Å². The second kappa shape index (κ2) is 6.16. The molecule has 0 radical (unpaired) electrons. The maximum Gasteiger partial charge on any atom is 0.242 e. The van der Waals surface area contributed by atoms with Crippen LogP contribution in [-0.2, 0) is 4.79 Å². The number of hydrogen-bond acceptors (Lipinski definition) is 6. The van der Waals surface area contributed by atoms with E-state index in [-0.39, 0.29) is 11.9 Å². The lowest BCUT2D eigenvalue weighted by Crippen LogP contribution is -2.49. The van der Waals surface area contributed by atoms with Gasteiger partial charge in [0.2, 0.25) is 5.91 Å². The molecule has 1 unspecified atom stereocenters. The van der Waals surface area contributed by atoms with E-state index in [1.165, 1.54) is 6.33 Å². The van der Waals surface area contributed by atoms with Crippen molar-refractivity contribution in [2.45, 2.75) is 25.3 Å². The van der Waals surface area contributed by atoms with Crippen LogP contribution in [0, 0.1) is 0 Å². The van der Waals surface area contributed by atoms with Crippen LogP contribution in [0.4, 0.5) is 11.6 Å². The molecule has 0 spiro atoms. The number of nitrogens with one attached hydrogen (secondary N) is 2. The van der Waals surface area contributed by atoms with Crippen molar-refractivity contribution in [2.75, 3.05) is 23.9 Å². The Balaban J connectivity index is 2.35. The van der Waals surface area contributed by atoms with Gasteiger partial charge in [-0.15, -0.1) is 0 Å². The second-order valence-electron chi connectivity index (χ2n) is 4.32. The summed E-state index contributed by atoms with van der Waals surface area (Å²) in [7, 11) is 1.65. The fourth-order valence-corrected chi connectivity index (χ4v) is 2.83. The number of anilines is 2. The molecule has 1 aliphatic rings. The van der Waals surface area contributed by atoms with Gasteiger partial charge in [-0.3, -0.25) is 4.79 Å². The van der Waals surface area contributed by atoms with Gasteiger partial charge in [-0.25, -0.2) is 15.8 Å². The highest BCUT2D eigenvalue weighted by Crippen LogP contribution is 2.32. The van der Waals surface area contributed by atoms with Crippen molar-refractivity contribution >= 4 is 33.5 Å². The third kappa shape index (κ3) is 2.79. The molecule has 19 heavy (non-hydrogen) atoms. The molecule has 1 aliphatic heterocycles. The average Bonchev–Trinajstić information content (AvgIpc) is 2.47. The van der Waals surface area contributed by atoms with E-state index in [1.807, 2.05) is 4.90 Å². The molecule has 104 valence electrons. The number of hydrazine groups is 1. The van der Waals surface area contributed by atoms with Crippen molar-refractivity contribution in [1.29, 1.82) is 0 Å². The smallest absolute Gasteiger partial charge is 0.242 e. The third-order valence-electron chi connectivity index (χ3n) is 3.23. The molecule has 1 aromatic rings. The zero-order valence-electron chi connectivity index (χ0n) is 10.7. The minimum atomic E-state index is -0.199. The van der Waals surface area contributed by atoms with Crippen LogP contribution < -0.4 is 21.5 Å². The first kappa shape index (κ1) is 14.0. The minimum Gasteiger partial charge on any atom is -0.357 e. The Kier molecular flexibility index (Phi) is 4.54. The summed E-state index contributed by atoms with van der Waals surface area (Å²) in [6.45, 7) is 0.789. The van der Waals surface area contributed by atoms with E-state index >= 15 is 0 Å². The molecule has 1 aromatic heterocycles. The van der Waals surface area contributed by atoms with E-state index in [9.17, 15) is 4.79 Å². The quantitative estimate of drug-likeness (QED) is 0.556. The molecule has 0 saturated carbocycles. The van der Waals surface area contributed by atoms with Gasteiger partial charge in [0.25, 0.3) is 0 Å². The van der Waals surface area contributed by atoms with Gasteiger partial charge in [0.05, 0.1) is 0 Å². The molecule has 2 rings (SSSR count). The lowest BCUT2D eigenvalue weighted by atomic mass is 10.0. The van der Waals surface area contributed by atoms with Gasteiger partial charge in [-0.05, 0) is 35.2 Å². The maximum absolute atomic E-state index is 12.0. The molecule has 8 heteroatoms. The SMILES string of the molecule is CNC(=O)C1CCCCN1c1ncnc(NN)c1Br. The summed E-state index contributed by atoms with van der Waals surface area (Å²) in [5.41, 5.74) is 2.51. The number of aromatic nitrogens is 2. The number of likely N-dealkylation sites (N-methyl/N-ethyl adjacent to an activating group) is 1. The van der Waals surface area contributed by atoms with Gasteiger partial charge < -0.3 is 15.6 Å². The Morgan fingerprint density at radius 2 is 2.32 bits per heavy atom. The highest BCUT2D eigenvalue weighted by Gasteiger charge is 2.30. The van der Waals surface area contributed by atoms with Crippen LogP contribution in [0.1, 0.15) is 19.3 Å². The van der Waals surface area contributed by atoms with Crippen molar-refractivity contribution in [1.82, 2.24) is 15.3 Å². The number of nitrogens with zero attached hydrogens (tertiary/aromatic N) is 3. The van der Waals surface area contributed by atoms with Gasteiger partial charge in [-0.1, -0.05) is 0 Å². The predicted molar refractivity (Wildman–Crippen MR) is 76.6 cm³/mol. The number of carbonyl (C=O) groups is 1. The third-order valence-corrected chi connectivity index (χ3v) is 3.96. The van der Waals surface area contributed by atoms with Gasteiger partial charge in [0.15, 0.2) is 5.82 Å². The molecule has 4 N–H and O–H groups in total. The van der Waals surface area contributed by atoms with E-state index in [2.05, 4.69) is 36.6 Å². The highest BCUT2D eigenvalue weighted by molar-refractivity contribution is 9.10. The molecule has 2 heterocycles. The zero-order chi connectivity index (χ0) is 13.8. The van der Waals surface area contributed by atoms with Gasteiger partial charge in [-0.2, -0.15) is 0 Å². The Labute approximate surface area is 120 Å². The van der Waals surface area contributed by atoms with Gasteiger partial charge in [0.1, 0.15) is 22.7 Å². The molecule has 7 nitrogen and oxygen atoms in total. The van der Waals surface area contributed by atoms with Crippen molar-refractivity contribution in [2.24, 2.45) is 5.84 Å². The fourth-order valence-electron chi connectivity index (χ4n) is 2.29. The van der Waals surface area contributed by atoms with Crippen LogP contribution in [0.5, 0.6) is 0 Å². The fraction of sp³-hybridized carbons (Fsp3) is 0.545. The first-order valence-electron chi connectivity index (χ1n) is 6.14. The molecule has 0 aromatic carbocycles. The number of halogens is 1. The van der Waals surface area contributed by atoms with Crippen molar-refractivity contribution in [3.8, 4) is 0 Å². The number of nitrogens with two attached hydrogens (primary N) is 1. The summed E-state index contributed by atoms with van der Waals surface area (Å²) in [5.74, 6) is 6.61. The van der Waals surface area contributed by atoms with E-state index in [1.54, 1.807) is 7.05 Å². The standard InChI is InChI=1S/C11H17BrN6O/c1-14-11(19)7-4-2-3-5-18(7)10-8(12)9(17-13)15-6-16-10/h6-7H,2-5,13H2,1H3,(H,14,19)(H,15,16,17). The largest absolute Gasteiger partial charge is 0.357 e. The predicted octanol–water partition coefficient (Wildman–Crippen LogP) is 0.630. The Hall–Kier alpha value is -1.41. The summed E-state index contributed by atoms with van der Waals surface area (Å²) >= 11 is 3.43. The van der Waals surface area contributed by atoms with E-state index < -0.39 is 0 Å². The first-order valence-corrected chi connectivity index (χ1v) is 6.93. The zero-order valence-corrected chi connectivity index (χ0v) is 12.3. The first-order chi connectivity index (χ1) is 9.19. The normalized spacial score (nSPS) is 19.1. The molecule has 1 saturated heterocycles. The number of amides is 1. The van der Waals surface area contributed by atoms with Crippen LogP contribution in [0.15, 0.2) is 10.8 Å². The van der Waals surface area contributed by atoms with Crippen LogP contribution in [0.25, 0.3) is 0 Å². The Bertz CT molecular complexity index is 468. The molecular weight excluding hydrogens is 312 g/mol. The van der Waals surface area contributed by atoms with Crippen LogP contribution >= 0.6 is 15.9 Å². The van der Waals surface area contributed by atoms with Crippen LogP contribution in [-0.4, -0.2) is 35.5 Å². The van der Waals surface area contributed by atoms with Crippen molar-refractivity contribution in [3.63, 3.8) is 0 Å². The lowest BCUT2D eigenvalue weighted by Gasteiger charge is -2.35. The summed E-state index contributed by atoms with van der Waals surface area (Å²) in [4.78, 5) is 22.3. The lowest BCUT2D eigenvalue weighted by molar-refractivity contribution is -0.122. The molecule has 0 aliphatic carbocycles. The van der Waals surface area contributed by atoms with Gasteiger partial charge in [0, 0.05) is 13.6 Å². The average molecular weight is 329 g/mol. The van der Waals surface area contributed by atoms with Crippen LogP contribution in [0.2, 0.25) is 0 Å². The summed E-state index contributed by atoms with van der Waals surface area (Å²) in [6.07, 6.45) is 4.33. The Morgan fingerprint density at radius 1 is 1.53 bits per heavy atom. The molecular formula is C11H17BrN6O. The topological polar surface area (TPSA) is 96.2 Å². The summed E-state index contributed by atoms with van der Waals surface area (Å²) in [6, 6.07) is -0.199. The summed E-state index contributed by atoms with van der Waals surface area (Å²) in [5, 5.41) is 2.70. The second-order valence-corrected chi connectivity index (χ2v) is 5.12. The van der Waals surface area contributed by atoms with Crippen molar-refractivity contribution in [3.05, 3.63) is 10.8 Å². The molecule has 0 bridgehead atoms. The van der Waals surface area contributed by atoms with Crippen molar-refractivity contribution < 1.29 is 4.79 Å². The molecule has 1 atom stereocenters. The molecule has 1 fully saturated rings. The van der Waals surface area contributed by atoms with E-state index in [4.69, 9.17) is 5.84 Å². The molecule has 1 amide bonds.